The normalized spacial score (nSPS) is 18.3. The molecule has 0 aromatic heterocycles. The molecule has 0 saturated heterocycles. The number of carbonyl (C=O) groups excluding carboxylic acids is 1. The lowest BCUT2D eigenvalue weighted by molar-refractivity contribution is -0.154. The van der Waals surface area contributed by atoms with E-state index in [0.717, 1.165) is 45.1 Å². The molecule has 116 valence electrons. The molecule has 1 amide bonds. The zero-order valence-electron chi connectivity index (χ0n) is 13.0. The third kappa shape index (κ3) is 4.50. The average molecular weight is 283 g/mol. The first-order valence-electron chi connectivity index (χ1n) is 8.07. The first kappa shape index (κ1) is 17.0. The maximum atomic E-state index is 12.4. The maximum Gasteiger partial charge on any atom is 0.310 e. The van der Waals surface area contributed by atoms with E-state index in [0.29, 0.717) is 19.4 Å². The fourth-order valence-corrected chi connectivity index (χ4v) is 3.08. The summed E-state index contributed by atoms with van der Waals surface area (Å²) in [6, 6.07) is 0. The minimum absolute atomic E-state index is 0.0188. The Balaban J connectivity index is 2.73. The van der Waals surface area contributed by atoms with Gasteiger partial charge in [-0.25, -0.2) is 0 Å². The van der Waals surface area contributed by atoms with Crippen LogP contribution >= 0.6 is 0 Å². The van der Waals surface area contributed by atoms with Gasteiger partial charge in [0, 0.05) is 19.5 Å². The Hall–Kier alpha value is -1.06. The van der Waals surface area contributed by atoms with Crippen molar-refractivity contribution in [1.29, 1.82) is 0 Å². The van der Waals surface area contributed by atoms with Gasteiger partial charge in [0.15, 0.2) is 0 Å². The number of hydrogen-bond acceptors (Lipinski definition) is 2. The van der Waals surface area contributed by atoms with Gasteiger partial charge in [-0.2, -0.15) is 0 Å². The zero-order valence-corrected chi connectivity index (χ0v) is 13.0. The third-order valence-electron chi connectivity index (χ3n) is 4.52. The van der Waals surface area contributed by atoms with Crippen molar-refractivity contribution in [2.45, 2.75) is 71.6 Å². The molecule has 1 N–H and O–H groups in total. The molecule has 0 aromatic carbocycles. The molecule has 1 saturated carbocycles. The van der Waals surface area contributed by atoms with Crippen molar-refractivity contribution in [3.8, 4) is 0 Å². The molecule has 0 atom stereocenters. The van der Waals surface area contributed by atoms with Crippen LogP contribution in [0.25, 0.3) is 0 Å². The van der Waals surface area contributed by atoms with Crippen LogP contribution in [0.5, 0.6) is 0 Å². The van der Waals surface area contributed by atoms with Crippen molar-refractivity contribution in [3.63, 3.8) is 0 Å². The van der Waals surface area contributed by atoms with Crippen LogP contribution in [-0.2, 0) is 9.59 Å². The Labute approximate surface area is 122 Å². The number of rotatable bonds is 7. The van der Waals surface area contributed by atoms with Crippen molar-refractivity contribution in [3.05, 3.63) is 0 Å². The van der Waals surface area contributed by atoms with Crippen LogP contribution in [0.2, 0.25) is 0 Å². The van der Waals surface area contributed by atoms with Gasteiger partial charge in [0.2, 0.25) is 5.91 Å². The van der Waals surface area contributed by atoms with E-state index in [4.69, 9.17) is 0 Å². The quantitative estimate of drug-likeness (QED) is 0.728. The molecule has 0 spiro atoms. The van der Waals surface area contributed by atoms with Crippen molar-refractivity contribution in [2.75, 3.05) is 13.1 Å². The highest BCUT2D eigenvalue weighted by atomic mass is 16.4. The number of unbranched alkanes of at least 4 members (excludes halogenated alkanes) is 1. The van der Waals surface area contributed by atoms with Gasteiger partial charge in [0.05, 0.1) is 5.41 Å². The van der Waals surface area contributed by atoms with E-state index in [-0.39, 0.29) is 12.3 Å². The second kappa shape index (κ2) is 8.28. The molecule has 0 unspecified atom stereocenters. The Morgan fingerprint density at radius 3 is 2.15 bits per heavy atom. The number of amides is 1. The summed E-state index contributed by atoms with van der Waals surface area (Å²) < 4.78 is 0. The van der Waals surface area contributed by atoms with Crippen LogP contribution in [0.1, 0.15) is 71.6 Å². The summed E-state index contributed by atoms with van der Waals surface area (Å²) in [5, 5.41) is 9.62. The molecule has 1 aliphatic rings. The van der Waals surface area contributed by atoms with E-state index in [1.807, 2.05) is 11.8 Å². The highest BCUT2D eigenvalue weighted by Gasteiger charge is 2.41. The molecule has 0 heterocycles. The fourth-order valence-electron chi connectivity index (χ4n) is 3.08. The molecule has 4 nitrogen and oxygen atoms in total. The summed E-state index contributed by atoms with van der Waals surface area (Å²) in [6.45, 7) is 5.49. The summed E-state index contributed by atoms with van der Waals surface area (Å²) in [5.41, 5.74) is -0.812. The minimum atomic E-state index is -0.812. The zero-order chi connectivity index (χ0) is 15.0. The number of carbonyl (C=O) groups is 2. The average Bonchev–Trinajstić information content (AvgIpc) is 2.66. The summed E-state index contributed by atoms with van der Waals surface area (Å²) >= 11 is 0. The Kier molecular flexibility index (Phi) is 7.03. The number of hydrogen-bond donors (Lipinski definition) is 1. The summed E-state index contributed by atoms with van der Waals surface area (Å²) in [6.07, 6.45) is 7.57. The van der Waals surface area contributed by atoms with E-state index in [9.17, 15) is 14.7 Å². The topological polar surface area (TPSA) is 57.6 Å². The number of carboxylic acid groups (broad SMARTS) is 1. The van der Waals surface area contributed by atoms with Gasteiger partial charge in [0.1, 0.15) is 0 Å². The molecule has 4 heteroatoms. The smallest absolute Gasteiger partial charge is 0.310 e. The number of aliphatic carboxylic acids is 1. The number of nitrogens with zero attached hydrogens (tertiary/aromatic N) is 1. The van der Waals surface area contributed by atoms with E-state index < -0.39 is 11.4 Å². The van der Waals surface area contributed by atoms with Crippen molar-refractivity contribution >= 4 is 11.9 Å². The van der Waals surface area contributed by atoms with E-state index in [2.05, 4.69) is 6.92 Å². The summed E-state index contributed by atoms with van der Waals surface area (Å²) in [7, 11) is 0. The Bertz CT molecular complexity index is 320. The standard InChI is InChI=1S/C16H29NO3/c1-3-5-12-17(4-2)14(18)13-16(15(19)20)10-8-6-7-9-11-16/h3-13H2,1-2H3,(H,19,20). The monoisotopic (exact) mass is 283 g/mol. The van der Waals surface area contributed by atoms with Crippen LogP contribution < -0.4 is 0 Å². The lowest BCUT2D eigenvalue weighted by atomic mass is 9.77. The lowest BCUT2D eigenvalue weighted by Crippen LogP contribution is -2.40. The molecule has 1 fully saturated rings. The second-order valence-corrected chi connectivity index (χ2v) is 6.00. The Morgan fingerprint density at radius 2 is 1.70 bits per heavy atom. The first-order valence-corrected chi connectivity index (χ1v) is 8.07. The van der Waals surface area contributed by atoms with Crippen LogP contribution in [0, 0.1) is 5.41 Å². The predicted molar refractivity (Wildman–Crippen MR) is 79.5 cm³/mol. The van der Waals surface area contributed by atoms with Gasteiger partial charge in [0.25, 0.3) is 0 Å². The molecule has 1 rings (SSSR count). The SMILES string of the molecule is CCCCN(CC)C(=O)CC1(C(=O)O)CCCCCC1. The summed E-state index contributed by atoms with van der Waals surface area (Å²) in [5.74, 6) is -0.760. The van der Waals surface area contributed by atoms with Crippen molar-refractivity contribution in [2.24, 2.45) is 5.41 Å². The van der Waals surface area contributed by atoms with E-state index >= 15 is 0 Å². The second-order valence-electron chi connectivity index (χ2n) is 6.00. The van der Waals surface area contributed by atoms with Gasteiger partial charge in [-0.05, 0) is 26.2 Å². The molecular formula is C16H29NO3. The maximum absolute atomic E-state index is 12.4. The van der Waals surface area contributed by atoms with Gasteiger partial charge in [-0.3, -0.25) is 9.59 Å². The largest absolute Gasteiger partial charge is 0.481 e. The highest BCUT2D eigenvalue weighted by molar-refractivity contribution is 5.85. The van der Waals surface area contributed by atoms with Crippen LogP contribution in [0.4, 0.5) is 0 Å². The van der Waals surface area contributed by atoms with Gasteiger partial charge < -0.3 is 10.0 Å². The van der Waals surface area contributed by atoms with E-state index in [1.165, 1.54) is 0 Å². The van der Waals surface area contributed by atoms with Crippen LogP contribution in [0.3, 0.4) is 0 Å². The molecule has 0 radical (unpaired) electrons. The third-order valence-corrected chi connectivity index (χ3v) is 4.52. The molecular weight excluding hydrogens is 254 g/mol. The van der Waals surface area contributed by atoms with Gasteiger partial charge in [-0.15, -0.1) is 0 Å². The minimum Gasteiger partial charge on any atom is -0.481 e. The first-order chi connectivity index (χ1) is 9.55. The highest BCUT2D eigenvalue weighted by Crippen LogP contribution is 2.39. The Morgan fingerprint density at radius 1 is 1.10 bits per heavy atom. The molecule has 20 heavy (non-hydrogen) atoms. The van der Waals surface area contributed by atoms with Crippen molar-refractivity contribution < 1.29 is 14.7 Å². The van der Waals surface area contributed by atoms with Gasteiger partial charge in [-0.1, -0.05) is 39.0 Å². The van der Waals surface area contributed by atoms with Crippen LogP contribution in [0.15, 0.2) is 0 Å². The van der Waals surface area contributed by atoms with Crippen LogP contribution in [-0.4, -0.2) is 35.0 Å². The lowest BCUT2D eigenvalue weighted by Gasteiger charge is -2.30. The fraction of sp³-hybridized carbons (Fsp3) is 0.875. The predicted octanol–water partition coefficient (Wildman–Crippen LogP) is 3.45. The van der Waals surface area contributed by atoms with E-state index in [1.54, 1.807) is 0 Å². The molecule has 0 bridgehead atoms. The number of carboxylic acids is 1. The van der Waals surface area contributed by atoms with Crippen molar-refractivity contribution in [1.82, 2.24) is 4.90 Å². The molecule has 0 aliphatic heterocycles. The molecule has 1 aliphatic carbocycles. The summed E-state index contributed by atoms with van der Waals surface area (Å²) in [4.78, 5) is 26.0. The molecule has 0 aromatic rings. The van der Waals surface area contributed by atoms with Gasteiger partial charge >= 0.3 is 5.97 Å².